The standard InChI is InChI=1S/C71H110O6/c1-4-7-10-13-16-19-22-24-26-28-30-31-32-33-34-35-36-37-38-39-41-42-44-46-49-52-55-58-61-64-70(73)76-67-68(66-75-69(72)63-60-57-54-51-48-21-18-15-12-9-6-3)77-71(74)65-62-59-56-53-50-47-45-43-40-29-27-25-23-20-17-14-11-8-5-2/h7-8,10-11,15-20,24-27,30-31,33-34,36-37,39-41,43-44,46,52,55,68H,4-6,9,12-14,21-23,28-29,32,35,38,42,45,47-51,53-54,56-67H2,1-3H3/b10-7-,11-8-,18-15-,19-16-,20-17-,26-24-,27-25-,31-30-,34-33-,37-36-,41-39-,43-40-,46-44-,55-52-. The molecule has 430 valence electrons. The van der Waals surface area contributed by atoms with Crippen molar-refractivity contribution < 1.29 is 28.6 Å². The van der Waals surface area contributed by atoms with E-state index in [9.17, 15) is 14.4 Å². The molecule has 0 aromatic rings. The Morgan fingerprint density at radius 1 is 0.273 bits per heavy atom. The SMILES string of the molecule is CC/C=C\C/C=C\C/C=C\C/C=C\C/C=C\C/C=C\C/C=C\C/C=C\C/C=C\CCCC(=O)OCC(COC(=O)CCCCCCC/C=C\CCCC)OC(=O)CCCCCCCC/C=C\C/C=C\C/C=C\C/C=C\CC. The zero-order valence-electron chi connectivity index (χ0n) is 49.1. The van der Waals surface area contributed by atoms with Crippen LogP contribution in [0.25, 0.3) is 0 Å². The van der Waals surface area contributed by atoms with Gasteiger partial charge in [-0.2, -0.15) is 0 Å². The van der Waals surface area contributed by atoms with Crippen molar-refractivity contribution in [3.8, 4) is 0 Å². The molecule has 0 spiro atoms. The maximum atomic E-state index is 12.9. The highest BCUT2D eigenvalue weighted by Crippen LogP contribution is 2.13. The van der Waals surface area contributed by atoms with Gasteiger partial charge in [-0.1, -0.05) is 249 Å². The Hall–Kier alpha value is -5.23. The summed E-state index contributed by atoms with van der Waals surface area (Å²) in [5.41, 5.74) is 0. The van der Waals surface area contributed by atoms with Crippen molar-refractivity contribution in [1.29, 1.82) is 0 Å². The van der Waals surface area contributed by atoms with E-state index in [0.717, 1.165) is 154 Å². The molecule has 0 aliphatic rings. The predicted octanol–water partition coefficient (Wildman–Crippen LogP) is 21.1. The Bertz CT molecular complexity index is 1790. The molecule has 0 heterocycles. The lowest BCUT2D eigenvalue weighted by atomic mass is 10.1. The summed E-state index contributed by atoms with van der Waals surface area (Å²) in [4.78, 5) is 38.2. The van der Waals surface area contributed by atoms with E-state index >= 15 is 0 Å². The monoisotopic (exact) mass is 1060 g/mol. The zero-order valence-corrected chi connectivity index (χ0v) is 49.1. The van der Waals surface area contributed by atoms with Gasteiger partial charge >= 0.3 is 17.9 Å². The van der Waals surface area contributed by atoms with Gasteiger partial charge in [-0.05, 0) is 141 Å². The van der Waals surface area contributed by atoms with Crippen LogP contribution in [0.3, 0.4) is 0 Å². The molecular weight excluding hydrogens is 949 g/mol. The van der Waals surface area contributed by atoms with Gasteiger partial charge in [0.1, 0.15) is 13.2 Å². The van der Waals surface area contributed by atoms with Gasteiger partial charge in [0, 0.05) is 19.3 Å². The van der Waals surface area contributed by atoms with E-state index in [1.807, 2.05) is 0 Å². The van der Waals surface area contributed by atoms with Crippen molar-refractivity contribution in [2.75, 3.05) is 13.2 Å². The normalized spacial score (nSPS) is 13.3. The Kier molecular flexibility index (Phi) is 59.0. The number of hydrogen-bond acceptors (Lipinski definition) is 6. The Morgan fingerprint density at radius 2 is 0.519 bits per heavy atom. The minimum Gasteiger partial charge on any atom is -0.462 e. The summed E-state index contributed by atoms with van der Waals surface area (Å²) in [5, 5.41) is 0. The van der Waals surface area contributed by atoms with E-state index in [1.165, 1.54) is 38.5 Å². The highest BCUT2D eigenvalue weighted by molar-refractivity contribution is 5.71. The summed E-state index contributed by atoms with van der Waals surface area (Å²) in [5.74, 6) is -1.01. The van der Waals surface area contributed by atoms with Crippen LogP contribution in [-0.2, 0) is 28.6 Å². The summed E-state index contributed by atoms with van der Waals surface area (Å²) in [6.45, 7) is 6.29. The molecule has 77 heavy (non-hydrogen) atoms. The third kappa shape index (κ3) is 61.5. The molecule has 0 fully saturated rings. The van der Waals surface area contributed by atoms with Crippen molar-refractivity contribution in [1.82, 2.24) is 0 Å². The number of esters is 3. The molecule has 0 amide bonds. The fourth-order valence-corrected chi connectivity index (χ4v) is 7.65. The lowest BCUT2D eigenvalue weighted by Gasteiger charge is -2.18. The number of carbonyl (C=O) groups excluding carboxylic acids is 3. The van der Waals surface area contributed by atoms with Crippen LogP contribution in [0.2, 0.25) is 0 Å². The third-order valence-corrected chi connectivity index (χ3v) is 12.2. The second-order valence-electron chi connectivity index (χ2n) is 19.5. The maximum absolute atomic E-state index is 12.9. The van der Waals surface area contributed by atoms with Gasteiger partial charge in [-0.15, -0.1) is 0 Å². The molecule has 1 atom stereocenters. The van der Waals surface area contributed by atoms with Crippen molar-refractivity contribution >= 4 is 17.9 Å². The lowest BCUT2D eigenvalue weighted by Crippen LogP contribution is -2.30. The van der Waals surface area contributed by atoms with Crippen molar-refractivity contribution in [3.63, 3.8) is 0 Å². The Morgan fingerprint density at radius 3 is 0.857 bits per heavy atom. The molecule has 0 saturated carbocycles. The topological polar surface area (TPSA) is 78.9 Å². The molecule has 0 radical (unpaired) electrons. The first-order valence-electron chi connectivity index (χ1n) is 30.6. The van der Waals surface area contributed by atoms with Gasteiger partial charge in [0.25, 0.3) is 0 Å². The molecule has 6 nitrogen and oxygen atoms in total. The summed E-state index contributed by atoms with van der Waals surface area (Å²) in [7, 11) is 0. The molecule has 0 aliphatic carbocycles. The van der Waals surface area contributed by atoms with Gasteiger partial charge in [-0.3, -0.25) is 14.4 Å². The van der Waals surface area contributed by atoms with E-state index in [1.54, 1.807) is 0 Å². The molecule has 0 rings (SSSR count). The molecule has 0 aromatic heterocycles. The second-order valence-corrected chi connectivity index (χ2v) is 19.5. The van der Waals surface area contributed by atoms with Gasteiger partial charge in [0.2, 0.25) is 0 Å². The largest absolute Gasteiger partial charge is 0.462 e. The molecule has 0 N–H and O–H groups in total. The first-order chi connectivity index (χ1) is 38.0. The van der Waals surface area contributed by atoms with Crippen LogP contribution in [0.5, 0.6) is 0 Å². The van der Waals surface area contributed by atoms with Crippen molar-refractivity contribution in [2.45, 2.75) is 245 Å². The summed E-state index contributed by atoms with van der Waals surface area (Å²) < 4.78 is 16.8. The fourth-order valence-electron chi connectivity index (χ4n) is 7.65. The predicted molar refractivity (Wildman–Crippen MR) is 334 cm³/mol. The van der Waals surface area contributed by atoms with E-state index in [0.29, 0.717) is 12.8 Å². The molecule has 6 heteroatoms. The quantitative estimate of drug-likeness (QED) is 0.0261. The summed E-state index contributed by atoms with van der Waals surface area (Å²) >= 11 is 0. The molecule has 0 aliphatic heterocycles. The molecule has 0 aromatic carbocycles. The van der Waals surface area contributed by atoms with Crippen LogP contribution >= 0.6 is 0 Å². The number of unbranched alkanes of at least 4 members (excludes halogenated alkanes) is 14. The average Bonchev–Trinajstić information content (AvgIpc) is 3.43. The molecule has 0 bridgehead atoms. The molecule has 0 saturated heterocycles. The van der Waals surface area contributed by atoms with E-state index in [4.69, 9.17) is 14.2 Å². The maximum Gasteiger partial charge on any atom is 0.306 e. The Labute approximate surface area is 472 Å². The number of hydrogen-bond donors (Lipinski definition) is 0. The number of allylic oxidation sites excluding steroid dienone is 28. The van der Waals surface area contributed by atoms with Crippen molar-refractivity contribution in [3.05, 3.63) is 170 Å². The first kappa shape index (κ1) is 71.8. The number of carbonyl (C=O) groups is 3. The molecule has 1 unspecified atom stereocenters. The van der Waals surface area contributed by atoms with Crippen LogP contribution in [0.4, 0.5) is 0 Å². The average molecular weight is 1060 g/mol. The lowest BCUT2D eigenvalue weighted by molar-refractivity contribution is -0.167. The van der Waals surface area contributed by atoms with Crippen LogP contribution < -0.4 is 0 Å². The van der Waals surface area contributed by atoms with Gasteiger partial charge in [0.15, 0.2) is 6.10 Å². The first-order valence-corrected chi connectivity index (χ1v) is 30.6. The van der Waals surface area contributed by atoms with Crippen LogP contribution in [-0.4, -0.2) is 37.2 Å². The summed E-state index contributed by atoms with van der Waals surface area (Å²) in [6.07, 6.45) is 93.6. The Balaban J connectivity index is 4.46. The van der Waals surface area contributed by atoms with Crippen LogP contribution in [0, 0.1) is 0 Å². The van der Waals surface area contributed by atoms with Gasteiger partial charge < -0.3 is 14.2 Å². The van der Waals surface area contributed by atoms with Gasteiger partial charge in [0.05, 0.1) is 0 Å². The van der Waals surface area contributed by atoms with E-state index < -0.39 is 6.10 Å². The third-order valence-electron chi connectivity index (χ3n) is 12.2. The molecular formula is C71H110O6. The highest BCUT2D eigenvalue weighted by Gasteiger charge is 2.19. The zero-order chi connectivity index (χ0) is 55.7. The van der Waals surface area contributed by atoms with Gasteiger partial charge in [-0.25, -0.2) is 0 Å². The fraction of sp³-hybridized carbons (Fsp3) is 0.563. The van der Waals surface area contributed by atoms with E-state index in [-0.39, 0.29) is 44.0 Å². The minimum atomic E-state index is -0.822. The smallest absolute Gasteiger partial charge is 0.306 e. The highest BCUT2D eigenvalue weighted by atomic mass is 16.6. The number of rotatable bonds is 53. The van der Waals surface area contributed by atoms with E-state index in [2.05, 4.69) is 191 Å². The second kappa shape index (κ2) is 63.3. The summed E-state index contributed by atoms with van der Waals surface area (Å²) in [6, 6.07) is 0. The number of ether oxygens (including phenoxy) is 3. The minimum absolute atomic E-state index is 0.114. The van der Waals surface area contributed by atoms with Crippen LogP contribution in [0.15, 0.2) is 170 Å². The van der Waals surface area contributed by atoms with Crippen LogP contribution in [0.1, 0.15) is 239 Å². The van der Waals surface area contributed by atoms with Crippen molar-refractivity contribution in [2.24, 2.45) is 0 Å².